The lowest BCUT2D eigenvalue weighted by Gasteiger charge is -2.28. The highest BCUT2D eigenvalue weighted by molar-refractivity contribution is 5.81. The normalized spacial score (nSPS) is 17.7. The first-order chi connectivity index (χ1) is 11.7. The van der Waals surface area contributed by atoms with Crippen molar-refractivity contribution in [1.29, 1.82) is 0 Å². The topological polar surface area (TPSA) is 38.3 Å². The number of benzene rings is 2. The smallest absolute Gasteiger partial charge is 0.261 e. The van der Waals surface area contributed by atoms with Crippen molar-refractivity contribution in [3.63, 3.8) is 0 Å². The fourth-order valence-corrected chi connectivity index (χ4v) is 3.34. The second-order valence-corrected chi connectivity index (χ2v) is 6.48. The fourth-order valence-electron chi connectivity index (χ4n) is 3.34. The molecule has 0 fully saturated rings. The molecule has 0 saturated heterocycles. The van der Waals surface area contributed by atoms with Gasteiger partial charge in [-0.15, -0.1) is 0 Å². The number of carbonyl (C=O) groups excluding carboxylic acids is 1. The predicted molar refractivity (Wildman–Crippen MR) is 96.1 cm³/mol. The van der Waals surface area contributed by atoms with Crippen LogP contribution in [-0.2, 0) is 11.2 Å². The highest BCUT2D eigenvalue weighted by Crippen LogP contribution is 2.29. The quantitative estimate of drug-likeness (QED) is 0.888. The van der Waals surface area contributed by atoms with Gasteiger partial charge in [0.05, 0.1) is 6.04 Å². The molecule has 1 aliphatic carbocycles. The summed E-state index contributed by atoms with van der Waals surface area (Å²) in [5.74, 6) is 0.724. The molecule has 1 amide bonds. The lowest BCUT2D eigenvalue weighted by molar-refractivity contribution is -0.129. The highest BCUT2D eigenvalue weighted by atomic mass is 16.5. The second-order valence-electron chi connectivity index (χ2n) is 6.48. The summed E-state index contributed by atoms with van der Waals surface area (Å²) in [5, 5.41) is 3.20. The average molecular weight is 323 g/mol. The van der Waals surface area contributed by atoms with E-state index >= 15 is 0 Å². The molecular weight excluding hydrogens is 298 g/mol. The Morgan fingerprint density at radius 1 is 1.25 bits per heavy atom. The van der Waals surface area contributed by atoms with Crippen LogP contribution in [0.25, 0.3) is 0 Å². The zero-order valence-electron chi connectivity index (χ0n) is 14.4. The van der Waals surface area contributed by atoms with Crippen LogP contribution in [0.3, 0.4) is 0 Å². The van der Waals surface area contributed by atoms with Crippen LogP contribution in [-0.4, -0.2) is 12.0 Å². The SMILES string of the molecule is CC[C@@H](Oc1cccc(C)c1)C(=O)N[C@@H]1CCCc2ccccc21. The van der Waals surface area contributed by atoms with E-state index < -0.39 is 6.10 Å². The maximum atomic E-state index is 12.7. The van der Waals surface area contributed by atoms with Gasteiger partial charge in [-0.25, -0.2) is 0 Å². The molecule has 0 spiro atoms. The van der Waals surface area contributed by atoms with E-state index in [1.54, 1.807) is 0 Å². The maximum absolute atomic E-state index is 12.7. The molecular formula is C21H25NO2. The van der Waals surface area contributed by atoms with Gasteiger partial charge in [-0.1, -0.05) is 43.3 Å². The first kappa shape index (κ1) is 16.6. The Morgan fingerprint density at radius 2 is 2.08 bits per heavy atom. The number of hydrogen-bond acceptors (Lipinski definition) is 2. The molecule has 2 aromatic carbocycles. The summed E-state index contributed by atoms with van der Waals surface area (Å²) in [6.07, 6.45) is 3.38. The van der Waals surface area contributed by atoms with Crippen molar-refractivity contribution in [3.05, 3.63) is 65.2 Å². The lowest BCUT2D eigenvalue weighted by atomic mass is 9.87. The maximum Gasteiger partial charge on any atom is 0.261 e. The molecule has 2 atom stereocenters. The van der Waals surface area contributed by atoms with Gasteiger partial charge in [0.2, 0.25) is 0 Å². The zero-order chi connectivity index (χ0) is 16.9. The summed E-state index contributed by atoms with van der Waals surface area (Å²) in [6.45, 7) is 4.00. The molecule has 3 nitrogen and oxygen atoms in total. The molecule has 0 heterocycles. The van der Waals surface area contributed by atoms with Crippen molar-refractivity contribution in [2.75, 3.05) is 0 Å². The molecule has 0 unspecified atom stereocenters. The summed E-state index contributed by atoms with van der Waals surface area (Å²) >= 11 is 0. The molecule has 0 bridgehead atoms. The Kier molecular flexibility index (Phi) is 5.19. The zero-order valence-corrected chi connectivity index (χ0v) is 14.4. The minimum absolute atomic E-state index is 0.0271. The van der Waals surface area contributed by atoms with Crippen molar-refractivity contribution in [2.24, 2.45) is 0 Å². The summed E-state index contributed by atoms with van der Waals surface area (Å²) in [7, 11) is 0. The van der Waals surface area contributed by atoms with Gasteiger partial charge in [0.1, 0.15) is 5.75 Å². The Bertz CT molecular complexity index is 710. The average Bonchev–Trinajstić information content (AvgIpc) is 2.60. The summed E-state index contributed by atoms with van der Waals surface area (Å²) in [6, 6.07) is 16.3. The number of carbonyl (C=O) groups is 1. The van der Waals surface area contributed by atoms with Crippen LogP contribution in [0, 0.1) is 6.92 Å². The van der Waals surface area contributed by atoms with Gasteiger partial charge < -0.3 is 10.1 Å². The second kappa shape index (κ2) is 7.52. The minimum Gasteiger partial charge on any atom is -0.481 e. The summed E-state index contributed by atoms with van der Waals surface area (Å²) < 4.78 is 5.92. The molecule has 3 heteroatoms. The molecule has 126 valence electrons. The van der Waals surface area contributed by atoms with Crippen LogP contribution >= 0.6 is 0 Å². The van der Waals surface area contributed by atoms with Crippen molar-refractivity contribution in [2.45, 2.75) is 51.7 Å². The third-order valence-electron chi connectivity index (χ3n) is 4.62. The van der Waals surface area contributed by atoms with Crippen LogP contribution in [0.4, 0.5) is 0 Å². The first-order valence-electron chi connectivity index (χ1n) is 8.79. The number of aryl methyl sites for hydroxylation is 2. The van der Waals surface area contributed by atoms with Crippen molar-refractivity contribution in [3.8, 4) is 5.75 Å². The number of nitrogens with one attached hydrogen (secondary N) is 1. The Balaban J connectivity index is 1.69. The Hall–Kier alpha value is -2.29. The van der Waals surface area contributed by atoms with E-state index in [1.807, 2.05) is 44.2 Å². The number of amides is 1. The molecule has 3 rings (SSSR count). The lowest BCUT2D eigenvalue weighted by Crippen LogP contribution is -2.40. The van der Waals surface area contributed by atoms with Gasteiger partial charge in [-0.05, 0) is 61.4 Å². The summed E-state index contributed by atoms with van der Waals surface area (Å²) in [5.41, 5.74) is 3.73. The summed E-state index contributed by atoms with van der Waals surface area (Å²) in [4.78, 5) is 12.7. The molecule has 24 heavy (non-hydrogen) atoms. The molecule has 0 aliphatic heterocycles. The Morgan fingerprint density at radius 3 is 2.88 bits per heavy atom. The van der Waals surface area contributed by atoms with Gasteiger partial charge in [0.15, 0.2) is 6.10 Å². The molecule has 1 aliphatic rings. The van der Waals surface area contributed by atoms with Crippen LogP contribution in [0.5, 0.6) is 5.75 Å². The molecule has 0 radical (unpaired) electrons. The standard InChI is InChI=1S/C21H25NO2/c1-3-20(24-17-11-6-8-15(2)14-17)21(23)22-19-13-7-10-16-9-4-5-12-18(16)19/h4-6,8-9,11-12,14,19-20H,3,7,10,13H2,1-2H3,(H,22,23)/t19-,20-/m1/s1. The predicted octanol–water partition coefficient (Wildman–Crippen LogP) is 4.35. The van der Waals surface area contributed by atoms with Crippen LogP contribution < -0.4 is 10.1 Å². The highest BCUT2D eigenvalue weighted by Gasteiger charge is 2.25. The molecule has 1 N–H and O–H groups in total. The van der Waals surface area contributed by atoms with Gasteiger partial charge in [-0.2, -0.15) is 0 Å². The van der Waals surface area contributed by atoms with E-state index in [2.05, 4.69) is 23.5 Å². The molecule has 0 aromatic heterocycles. The van der Waals surface area contributed by atoms with E-state index in [1.165, 1.54) is 11.1 Å². The number of rotatable bonds is 5. The Labute approximate surface area is 144 Å². The van der Waals surface area contributed by atoms with Crippen LogP contribution in [0.1, 0.15) is 48.9 Å². The van der Waals surface area contributed by atoms with Crippen molar-refractivity contribution in [1.82, 2.24) is 5.32 Å². The van der Waals surface area contributed by atoms with E-state index in [0.29, 0.717) is 6.42 Å². The van der Waals surface area contributed by atoms with E-state index in [-0.39, 0.29) is 11.9 Å². The third kappa shape index (κ3) is 3.78. The number of fused-ring (bicyclic) bond motifs is 1. The fraction of sp³-hybridized carbons (Fsp3) is 0.381. The van der Waals surface area contributed by atoms with Crippen molar-refractivity contribution < 1.29 is 9.53 Å². The monoisotopic (exact) mass is 323 g/mol. The van der Waals surface area contributed by atoms with E-state index in [4.69, 9.17) is 4.74 Å². The minimum atomic E-state index is -0.458. The van der Waals surface area contributed by atoms with E-state index in [0.717, 1.165) is 30.6 Å². The largest absolute Gasteiger partial charge is 0.481 e. The third-order valence-corrected chi connectivity index (χ3v) is 4.62. The number of hydrogen-bond donors (Lipinski definition) is 1. The van der Waals surface area contributed by atoms with Gasteiger partial charge in [0, 0.05) is 0 Å². The van der Waals surface area contributed by atoms with Crippen molar-refractivity contribution >= 4 is 5.91 Å². The number of ether oxygens (including phenoxy) is 1. The van der Waals surface area contributed by atoms with Gasteiger partial charge in [0.25, 0.3) is 5.91 Å². The van der Waals surface area contributed by atoms with Crippen LogP contribution in [0.2, 0.25) is 0 Å². The molecule has 2 aromatic rings. The van der Waals surface area contributed by atoms with E-state index in [9.17, 15) is 4.79 Å². The first-order valence-corrected chi connectivity index (χ1v) is 8.79. The van der Waals surface area contributed by atoms with Crippen LogP contribution in [0.15, 0.2) is 48.5 Å². The van der Waals surface area contributed by atoms with Gasteiger partial charge in [-0.3, -0.25) is 4.79 Å². The molecule has 0 saturated carbocycles. The van der Waals surface area contributed by atoms with Gasteiger partial charge >= 0.3 is 0 Å².